The third-order valence-corrected chi connectivity index (χ3v) is 2.47. The minimum absolute atomic E-state index is 0.109. The van der Waals surface area contributed by atoms with Crippen LogP contribution < -0.4 is 5.32 Å². The van der Waals surface area contributed by atoms with Gasteiger partial charge >= 0.3 is 5.97 Å². The number of nitrogens with zero attached hydrogens (tertiary/aromatic N) is 1. The summed E-state index contributed by atoms with van der Waals surface area (Å²) in [4.78, 5) is 26.6. The summed E-state index contributed by atoms with van der Waals surface area (Å²) in [5.41, 5.74) is 0.109. The van der Waals surface area contributed by atoms with Crippen LogP contribution in [0.1, 0.15) is 30.8 Å². The first-order valence-electron chi connectivity index (χ1n) is 5.56. The zero-order chi connectivity index (χ0) is 13.7. The molecule has 1 aromatic heterocycles. The number of aromatic nitrogens is 1. The Morgan fingerprint density at radius 2 is 2.11 bits per heavy atom. The lowest BCUT2D eigenvalue weighted by molar-refractivity contribution is -0.139. The molecule has 0 aromatic carbocycles. The number of carboxylic acids is 1. The molecule has 98 valence electrons. The highest BCUT2D eigenvalue weighted by molar-refractivity contribution is 6.29. The van der Waals surface area contributed by atoms with E-state index in [-0.39, 0.29) is 16.8 Å². The van der Waals surface area contributed by atoms with Gasteiger partial charge in [0, 0.05) is 0 Å². The van der Waals surface area contributed by atoms with Crippen molar-refractivity contribution < 1.29 is 14.7 Å². The van der Waals surface area contributed by atoms with Crippen molar-refractivity contribution in [2.75, 3.05) is 0 Å². The van der Waals surface area contributed by atoms with E-state index >= 15 is 0 Å². The predicted molar refractivity (Wildman–Crippen MR) is 67.6 cm³/mol. The molecule has 0 aliphatic carbocycles. The van der Waals surface area contributed by atoms with E-state index in [9.17, 15) is 9.59 Å². The minimum atomic E-state index is -1.06. The lowest BCUT2D eigenvalue weighted by Gasteiger charge is -2.16. The largest absolute Gasteiger partial charge is 0.480 e. The zero-order valence-corrected chi connectivity index (χ0v) is 10.9. The third-order valence-electron chi connectivity index (χ3n) is 2.26. The summed E-state index contributed by atoms with van der Waals surface area (Å²) in [5, 5.41) is 11.6. The Kier molecular flexibility index (Phi) is 5.09. The van der Waals surface area contributed by atoms with Crippen LogP contribution in [0.15, 0.2) is 18.2 Å². The highest BCUT2D eigenvalue weighted by Crippen LogP contribution is 2.08. The minimum Gasteiger partial charge on any atom is -0.480 e. The standard InChI is InChI=1S/C12H15ClN2O3/c1-7(2)6-9(12(17)18)15-11(16)8-4-3-5-10(13)14-8/h3-5,7,9H,6H2,1-2H3,(H,15,16)(H,17,18)/t9-/m1/s1. The SMILES string of the molecule is CC(C)C[C@@H](NC(=O)c1cccc(Cl)n1)C(=O)O. The molecule has 0 aliphatic rings. The number of hydrogen-bond donors (Lipinski definition) is 2. The highest BCUT2D eigenvalue weighted by Gasteiger charge is 2.22. The molecule has 1 amide bonds. The van der Waals surface area contributed by atoms with E-state index in [0.29, 0.717) is 6.42 Å². The first kappa shape index (κ1) is 14.4. The van der Waals surface area contributed by atoms with Crippen LogP contribution in [0.5, 0.6) is 0 Å². The molecule has 0 radical (unpaired) electrons. The lowest BCUT2D eigenvalue weighted by Crippen LogP contribution is -2.41. The fourth-order valence-corrected chi connectivity index (χ4v) is 1.62. The van der Waals surface area contributed by atoms with Crippen molar-refractivity contribution in [3.05, 3.63) is 29.0 Å². The molecule has 1 heterocycles. The van der Waals surface area contributed by atoms with Gasteiger partial charge in [-0.05, 0) is 24.5 Å². The van der Waals surface area contributed by atoms with E-state index in [1.807, 2.05) is 13.8 Å². The van der Waals surface area contributed by atoms with Crippen LogP contribution in [0, 0.1) is 5.92 Å². The van der Waals surface area contributed by atoms with Crippen LogP contribution in [-0.4, -0.2) is 28.0 Å². The average Bonchev–Trinajstić information content (AvgIpc) is 2.27. The maximum absolute atomic E-state index is 11.8. The van der Waals surface area contributed by atoms with Gasteiger partial charge in [0.25, 0.3) is 5.91 Å². The molecule has 1 rings (SSSR count). The summed E-state index contributed by atoms with van der Waals surface area (Å²) in [6.07, 6.45) is 0.363. The number of aliphatic carboxylic acids is 1. The summed E-state index contributed by atoms with van der Waals surface area (Å²) >= 11 is 5.66. The van der Waals surface area contributed by atoms with Gasteiger partial charge in [0.05, 0.1) is 0 Å². The Labute approximate surface area is 110 Å². The molecule has 2 N–H and O–H groups in total. The quantitative estimate of drug-likeness (QED) is 0.802. The van der Waals surface area contributed by atoms with Gasteiger partial charge in [-0.2, -0.15) is 0 Å². The number of pyridine rings is 1. The van der Waals surface area contributed by atoms with Crippen LogP contribution in [0.3, 0.4) is 0 Å². The molecule has 1 aromatic rings. The summed E-state index contributed by atoms with van der Waals surface area (Å²) in [5.74, 6) is -1.43. The fraction of sp³-hybridized carbons (Fsp3) is 0.417. The second-order valence-corrected chi connectivity index (χ2v) is 4.73. The molecule has 0 saturated carbocycles. The van der Waals surface area contributed by atoms with Crippen LogP contribution in [-0.2, 0) is 4.79 Å². The Morgan fingerprint density at radius 3 is 2.61 bits per heavy atom. The van der Waals surface area contributed by atoms with Crippen LogP contribution in [0.4, 0.5) is 0 Å². The number of carboxylic acid groups (broad SMARTS) is 1. The Balaban J connectivity index is 2.75. The second kappa shape index (κ2) is 6.35. The van der Waals surface area contributed by atoms with Gasteiger partial charge in [0.2, 0.25) is 0 Å². The van der Waals surface area contributed by atoms with Gasteiger partial charge in [-0.3, -0.25) is 4.79 Å². The summed E-state index contributed by atoms with van der Waals surface area (Å²) in [7, 11) is 0. The Bertz CT molecular complexity index is 449. The zero-order valence-electron chi connectivity index (χ0n) is 10.2. The van der Waals surface area contributed by atoms with Crippen LogP contribution >= 0.6 is 11.6 Å². The van der Waals surface area contributed by atoms with E-state index in [1.54, 1.807) is 12.1 Å². The second-order valence-electron chi connectivity index (χ2n) is 4.34. The first-order valence-corrected chi connectivity index (χ1v) is 5.94. The van der Waals surface area contributed by atoms with Crippen molar-refractivity contribution in [3.8, 4) is 0 Å². The fourth-order valence-electron chi connectivity index (χ4n) is 1.46. The number of nitrogens with one attached hydrogen (secondary N) is 1. The number of halogens is 1. The van der Waals surface area contributed by atoms with Crippen LogP contribution in [0.2, 0.25) is 5.15 Å². The molecule has 1 atom stereocenters. The molecule has 0 fully saturated rings. The number of amides is 1. The van der Waals surface area contributed by atoms with E-state index < -0.39 is 17.9 Å². The lowest BCUT2D eigenvalue weighted by atomic mass is 10.0. The van der Waals surface area contributed by atoms with Gasteiger partial charge in [-0.25, -0.2) is 9.78 Å². The molecule has 0 saturated heterocycles. The molecule has 0 spiro atoms. The summed E-state index contributed by atoms with van der Waals surface area (Å²) < 4.78 is 0. The molecular formula is C12H15ClN2O3. The van der Waals surface area contributed by atoms with Crippen molar-refractivity contribution in [1.29, 1.82) is 0 Å². The molecule has 0 unspecified atom stereocenters. The van der Waals surface area contributed by atoms with Crippen molar-refractivity contribution >= 4 is 23.5 Å². The Hall–Kier alpha value is -1.62. The molecule has 0 aliphatic heterocycles. The maximum atomic E-state index is 11.8. The monoisotopic (exact) mass is 270 g/mol. The van der Waals surface area contributed by atoms with Gasteiger partial charge in [-0.15, -0.1) is 0 Å². The molecule has 5 nitrogen and oxygen atoms in total. The summed E-state index contributed by atoms with van der Waals surface area (Å²) in [6, 6.07) is 3.69. The summed E-state index contributed by atoms with van der Waals surface area (Å²) in [6.45, 7) is 3.78. The van der Waals surface area contributed by atoms with E-state index in [2.05, 4.69) is 10.3 Å². The van der Waals surface area contributed by atoms with Crippen molar-refractivity contribution in [2.24, 2.45) is 5.92 Å². The van der Waals surface area contributed by atoms with Crippen LogP contribution in [0.25, 0.3) is 0 Å². The maximum Gasteiger partial charge on any atom is 0.326 e. The van der Waals surface area contributed by atoms with Crippen molar-refractivity contribution in [2.45, 2.75) is 26.3 Å². The third kappa shape index (κ3) is 4.33. The predicted octanol–water partition coefficient (Wildman–Crippen LogP) is 1.96. The molecule has 18 heavy (non-hydrogen) atoms. The number of carbonyl (C=O) groups is 2. The van der Waals surface area contributed by atoms with Crippen molar-refractivity contribution in [3.63, 3.8) is 0 Å². The number of carbonyl (C=O) groups excluding carboxylic acids is 1. The normalized spacial score (nSPS) is 12.2. The van der Waals surface area contributed by atoms with Gasteiger partial charge < -0.3 is 10.4 Å². The van der Waals surface area contributed by atoms with E-state index in [0.717, 1.165) is 0 Å². The van der Waals surface area contributed by atoms with Crippen molar-refractivity contribution in [1.82, 2.24) is 10.3 Å². The highest BCUT2D eigenvalue weighted by atomic mass is 35.5. The number of hydrogen-bond acceptors (Lipinski definition) is 3. The van der Waals surface area contributed by atoms with Gasteiger partial charge in [0.1, 0.15) is 16.9 Å². The van der Waals surface area contributed by atoms with Gasteiger partial charge in [-0.1, -0.05) is 31.5 Å². The Morgan fingerprint density at radius 1 is 1.44 bits per heavy atom. The molecule has 6 heteroatoms. The first-order chi connectivity index (χ1) is 8.40. The molecule has 0 bridgehead atoms. The van der Waals surface area contributed by atoms with E-state index in [1.165, 1.54) is 6.07 Å². The molecular weight excluding hydrogens is 256 g/mol. The smallest absolute Gasteiger partial charge is 0.326 e. The number of rotatable bonds is 5. The van der Waals surface area contributed by atoms with E-state index in [4.69, 9.17) is 16.7 Å². The van der Waals surface area contributed by atoms with Gasteiger partial charge in [0.15, 0.2) is 0 Å². The average molecular weight is 271 g/mol. The topological polar surface area (TPSA) is 79.3 Å².